The number of aryl methyl sites for hydroxylation is 2. The van der Waals surface area contributed by atoms with E-state index in [9.17, 15) is 0 Å². The molecule has 0 bridgehead atoms. The Bertz CT molecular complexity index is 1750. The maximum absolute atomic E-state index is 8.81. The summed E-state index contributed by atoms with van der Waals surface area (Å²) in [6.45, 7) is 5.33. The molecule has 2 heteroatoms. The van der Waals surface area contributed by atoms with Crippen molar-refractivity contribution in [2.45, 2.75) is 33.5 Å². The lowest BCUT2D eigenvalue weighted by atomic mass is 9.90. The molecule has 6 rings (SSSR count). The van der Waals surface area contributed by atoms with E-state index in [1.54, 1.807) is 38.1 Å². The third kappa shape index (κ3) is 2.90. The summed E-state index contributed by atoms with van der Waals surface area (Å²) in [4.78, 5) is 0. The Balaban J connectivity index is 1.65. The fourth-order valence-electron chi connectivity index (χ4n) is 4.84. The number of pyridine rings is 1. The summed E-state index contributed by atoms with van der Waals surface area (Å²) in [5, 5.41) is 1.84. The van der Waals surface area contributed by atoms with Crippen LogP contribution in [0.5, 0.6) is 0 Å². The number of para-hydroxylation sites is 1. The summed E-state index contributed by atoms with van der Waals surface area (Å²) >= 11 is 0. The number of nitrogens with zero attached hydrogens (tertiary/aromatic N) is 1. The molecule has 0 atom stereocenters. The minimum atomic E-state index is -1.88. The van der Waals surface area contributed by atoms with Crippen LogP contribution in [-0.2, 0) is 19.8 Å². The highest BCUT2D eigenvalue weighted by Crippen LogP contribution is 2.42. The van der Waals surface area contributed by atoms with Gasteiger partial charge in [-0.2, -0.15) is 0 Å². The summed E-state index contributed by atoms with van der Waals surface area (Å²) in [5.41, 5.74) is 5.11. The zero-order valence-corrected chi connectivity index (χ0v) is 18.7. The zero-order chi connectivity index (χ0) is 26.5. The normalized spacial score (nSPS) is 20.3. The van der Waals surface area contributed by atoms with Crippen LogP contribution in [-0.4, -0.2) is 0 Å². The predicted octanol–water partition coefficient (Wildman–Crippen LogP) is 7.18. The molecule has 2 heterocycles. The molecule has 1 aliphatic carbocycles. The number of rotatable bonds is 2. The van der Waals surface area contributed by atoms with Crippen LogP contribution in [0.3, 0.4) is 0 Å². The topological polar surface area (TPSA) is 17.0 Å². The first-order valence-corrected chi connectivity index (χ1v) is 10.9. The van der Waals surface area contributed by atoms with Crippen molar-refractivity contribution in [3.63, 3.8) is 0 Å². The molecule has 0 spiro atoms. The number of furan rings is 1. The first kappa shape index (κ1) is 14.6. The second-order valence-corrected chi connectivity index (χ2v) is 9.16. The van der Waals surface area contributed by atoms with Crippen LogP contribution in [0.1, 0.15) is 37.4 Å². The van der Waals surface area contributed by atoms with Gasteiger partial charge in [0, 0.05) is 34.0 Å². The van der Waals surface area contributed by atoms with Crippen molar-refractivity contribution in [1.29, 1.82) is 0 Å². The Kier molecular flexibility index (Phi) is 3.11. The van der Waals surface area contributed by atoms with E-state index in [2.05, 4.69) is 29.7 Å². The van der Waals surface area contributed by atoms with E-state index in [4.69, 9.17) is 11.3 Å². The molecule has 0 radical (unpaired) electrons. The summed E-state index contributed by atoms with van der Waals surface area (Å²) in [6, 6.07) is 19.3. The van der Waals surface area contributed by atoms with Gasteiger partial charge in [0.15, 0.2) is 6.20 Å². The number of aromatic nitrogens is 1. The molecule has 0 unspecified atom stereocenters. The lowest BCUT2D eigenvalue weighted by Crippen LogP contribution is -2.30. The standard InChI is InChI=1S/C30H28NO/c1-19-11-14-25-24-9-7-8-23(20-12-13-21-17-30(2,3)18-22(21)16-20)28(24)32-29(25)27(19)26-10-5-6-15-31(26)4/h5-16H,17-18H2,1-4H3/q+1/i8D,17D2,18D2. The van der Waals surface area contributed by atoms with Crippen molar-refractivity contribution in [3.8, 4) is 22.4 Å². The van der Waals surface area contributed by atoms with Gasteiger partial charge in [0.2, 0.25) is 5.69 Å². The first-order chi connectivity index (χ1) is 17.4. The summed E-state index contributed by atoms with van der Waals surface area (Å²) in [7, 11) is 2.00. The second kappa shape index (κ2) is 6.80. The molecule has 0 saturated heterocycles. The molecule has 3 aromatic carbocycles. The molecule has 32 heavy (non-hydrogen) atoms. The van der Waals surface area contributed by atoms with Crippen molar-refractivity contribution in [2.75, 3.05) is 0 Å². The fourth-order valence-corrected chi connectivity index (χ4v) is 4.84. The summed E-state index contributed by atoms with van der Waals surface area (Å²) < 4.78 is 52.4. The van der Waals surface area contributed by atoms with Gasteiger partial charge in [-0.1, -0.05) is 62.4 Å². The van der Waals surface area contributed by atoms with Gasteiger partial charge in [-0.05, 0) is 53.4 Å². The Morgan fingerprint density at radius 1 is 0.938 bits per heavy atom. The molecule has 0 aliphatic heterocycles. The quantitative estimate of drug-likeness (QED) is 0.275. The van der Waals surface area contributed by atoms with Gasteiger partial charge in [0.05, 0.1) is 6.93 Å². The molecule has 2 nitrogen and oxygen atoms in total. The SMILES string of the molecule is [2H]c1ccc2c(oc3c(-c4cccc[n+]4C)c(C)ccc32)c1-c1ccc2c(c1)C([2H])([2H])C(C)(C)C2([2H])[2H]. The van der Waals surface area contributed by atoms with Gasteiger partial charge in [-0.15, -0.1) is 0 Å². The largest absolute Gasteiger partial charge is 0.454 e. The summed E-state index contributed by atoms with van der Waals surface area (Å²) in [6.07, 6.45) is -1.70. The Morgan fingerprint density at radius 3 is 2.59 bits per heavy atom. The minimum Gasteiger partial charge on any atom is -0.454 e. The highest BCUT2D eigenvalue weighted by atomic mass is 16.3. The maximum atomic E-state index is 8.81. The van der Waals surface area contributed by atoms with E-state index in [1.165, 1.54) is 0 Å². The van der Waals surface area contributed by atoms with E-state index in [-0.39, 0.29) is 6.04 Å². The number of fused-ring (bicyclic) bond motifs is 4. The highest BCUT2D eigenvalue weighted by Gasteiger charge is 2.28. The third-order valence-electron chi connectivity index (χ3n) is 6.32. The van der Waals surface area contributed by atoms with E-state index >= 15 is 0 Å². The van der Waals surface area contributed by atoms with E-state index in [0.29, 0.717) is 27.8 Å². The molecule has 0 N–H and O–H groups in total. The van der Waals surface area contributed by atoms with Crippen LogP contribution >= 0.6 is 0 Å². The van der Waals surface area contributed by atoms with E-state index in [0.717, 1.165) is 33.2 Å². The van der Waals surface area contributed by atoms with Crippen molar-refractivity contribution in [1.82, 2.24) is 0 Å². The lowest BCUT2D eigenvalue weighted by molar-refractivity contribution is -0.660. The van der Waals surface area contributed by atoms with Gasteiger partial charge in [-0.25, -0.2) is 4.57 Å². The van der Waals surface area contributed by atoms with Crippen LogP contribution in [0.2, 0.25) is 0 Å². The molecular weight excluding hydrogens is 390 g/mol. The summed E-state index contributed by atoms with van der Waals surface area (Å²) in [5.74, 6) is 0. The highest BCUT2D eigenvalue weighted by molar-refractivity contribution is 6.13. The van der Waals surface area contributed by atoms with Crippen molar-refractivity contribution in [2.24, 2.45) is 12.5 Å². The molecule has 0 amide bonds. The van der Waals surface area contributed by atoms with Gasteiger partial charge in [0.25, 0.3) is 0 Å². The zero-order valence-electron chi connectivity index (χ0n) is 23.7. The smallest absolute Gasteiger partial charge is 0.216 e. The van der Waals surface area contributed by atoms with Crippen LogP contribution in [0.25, 0.3) is 44.3 Å². The molecule has 5 aromatic rings. The van der Waals surface area contributed by atoms with Gasteiger partial charge in [-0.3, -0.25) is 0 Å². The van der Waals surface area contributed by atoms with Crippen LogP contribution in [0.4, 0.5) is 0 Å². The maximum Gasteiger partial charge on any atom is 0.216 e. The van der Waals surface area contributed by atoms with Gasteiger partial charge >= 0.3 is 0 Å². The molecule has 0 fully saturated rings. The van der Waals surface area contributed by atoms with Crippen molar-refractivity contribution < 1.29 is 15.8 Å². The molecule has 0 saturated carbocycles. The Morgan fingerprint density at radius 2 is 1.75 bits per heavy atom. The first-order valence-electron chi connectivity index (χ1n) is 13.4. The van der Waals surface area contributed by atoms with Gasteiger partial charge in [0.1, 0.15) is 18.2 Å². The second-order valence-electron chi connectivity index (χ2n) is 9.16. The molecule has 2 aromatic heterocycles. The van der Waals surface area contributed by atoms with Gasteiger partial charge < -0.3 is 4.42 Å². The Labute approximate surface area is 196 Å². The third-order valence-corrected chi connectivity index (χ3v) is 6.32. The van der Waals surface area contributed by atoms with Crippen molar-refractivity contribution >= 4 is 21.9 Å². The number of hydrogen-bond acceptors (Lipinski definition) is 1. The van der Waals surface area contributed by atoms with E-state index < -0.39 is 18.2 Å². The van der Waals surface area contributed by atoms with E-state index in [1.807, 2.05) is 31.4 Å². The average molecular weight is 424 g/mol. The molecular formula is C30H28NO+. The minimum absolute atomic E-state index is 0.274. The molecule has 158 valence electrons. The molecule has 1 aliphatic rings. The fraction of sp³-hybridized carbons (Fsp3) is 0.233. The number of benzene rings is 3. The average Bonchev–Trinajstić information content (AvgIpc) is 3.26. The predicted molar refractivity (Wildman–Crippen MR) is 132 cm³/mol. The van der Waals surface area contributed by atoms with Crippen LogP contribution < -0.4 is 4.57 Å². The monoisotopic (exact) mass is 423 g/mol. The Hall–Kier alpha value is -3.39. The van der Waals surface area contributed by atoms with Crippen LogP contribution in [0, 0.1) is 12.3 Å². The van der Waals surface area contributed by atoms with Crippen LogP contribution in [0.15, 0.2) is 77.3 Å². The van der Waals surface area contributed by atoms with Crippen molar-refractivity contribution in [3.05, 3.63) is 89.6 Å². The lowest BCUT2D eigenvalue weighted by Gasteiger charge is -2.14. The number of hydrogen-bond donors (Lipinski definition) is 0.